The van der Waals surface area contributed by atoms with E-state index >= 15 is 0 Å². The first kappa shape index (κ1) is 21.4. The molecule has 0 aliphatic heterocycles. The second-order valence-electron chi connectivity index (χ2n) is 5.63. The zero-order chi connectivity index (χ0) is 21.2. The Hall–Kier alpha value is -3.88. The Labute approximate surface area is 167 Å². The van der Waals surface area contributed by atoms with Crippen LogP contribution in [0.2, 0.25) is 0 Å². The molecule has 2 rings (SSSR count). The molecular weight excluding hydrogens is 380 g/mol. The number of hydrogen-bond acceptors (Lipinski definition) is 7. The van der Waals surface area contributed by atoms with Crippen LogP contribution in [0.5, 0.6) is 11.5 Å². The van der Waals surface area contributed by atoms with Gasteiger partial charge in [0, 0.05) is 18.2 Å². The van der Waals surface area contributed by atoms with Gasteiger partial charge in [-0.3, -0.25) is 14.9 Å². The Balaban J connectivity index is 1.89. The zero-order valence-electron chi connectivity index (χ0n) is 15.9. The lowest BCUT2D eigenvalue weighted by Gasteiger charge is -2.09. The Kier molecular flexibility index (Phi) is 7.72. The van der Waals surface area contributed by atoms with E-state index in [1.807, 2.05) is 6.92 Å². The van der Waals surface area contributed by atoms with Crippen LogP contribution in [0.4, 0.5) is 11.4 Å². The molecule has 0 saturated heterocycles. The highest BCUT2D eigenvalue weighted by Gasteiger charge is 2.14. The first-order chi connectivity index (χ1) is 13.9. The van der Waals surface area contributed by atoms with Crippen molar-refractivity contribution in [3.63, 3.8) is 0 Å². The summed E-state index contributed by atoms with van der Waals surface area (Å²) >= 11 is 0. The van der Waals surface area contributed by atoms with Crippen molar-refractivity contribution in [2.24, 2.45) is 0 Å². The molecule has 0 aromatic heterocycles. The predicted octanol–water partition coefficient (Wildman–Crippen LogP) is 3.20. The average molecular weight is 400 g/mol. The number of carbonyl (C=O) groups is 2. The number of rotatable bonds is 9. The lowest BCUT2D eigenvalue weighted by atomic mass is 10.2. The van der Waals surface area contributed by atoms with Crippen LogP contribution in [0.15, 0.2) is 48.5 Å². The molecule has 9 nitrogen and oxygen atoms in total. The van der Waals surface area contributed by atoms with Crippen LogP contribution < -0.4 is 14.8 Å². The lowest BCUT2D eigenvalue weighted by Crippen LogP contribution is -2.20. The van der Waals surface area contributed by atoms with Crippen LogP contribution in [0.1, 0.15) is 12.5 Å². The topological polar surface area (TPSA) is 117 Å². The maximum atomic E-state index is 12.0. The number of anilines is 1. The molecule has 9 heteroatoms. The third kappa shape index (κ3) is 6.65. The van der Waals surface area contributed by atoms with E-state index in [1.54, 1.807) is 30.3 Å². The minimum Gasteiger partial charge on any atom is -0.495 e. The van der Waals surface area contributed by atoms with Gasteiger partial charge in [-0.05, 0) is 36.8 Å². The summed E-state index contributed by atoms with van der Waals surface area (Å²) in [5, 5.41) is 13.3. The summed E-state index contributed by atoms with van der Waals surface area (Å²) in [6.45, 7) is 1.89. The molecule has 1 amide bonds. The Morgan fingerprint density at radius 2 is 1.90 bits per heavy atom. The van der Waals surface area contributed by atoms with Crippen LogP contribution >= 0.6 is 0 Å². The maximum absolute atomic E-state index is 12.0. The molecule has 0 atom stereocenters. The minimum atomic E-state index is -0.708. The number of nitro groups is 1. The van der Waals surface area contributed by atoms with E-state index in [2.05, 4.69) is 5.32 Å². The van der Waals surface area contributed by atoms with Gasteiger partial charge in [-0.1, -0.05) is 12.1 Å². The molecule has 1 N–H and O–H groups in total. The molecular formula is C20H20N2O7. The van der Waals surface area contributed by atoms with Crippen LogP contribution in [0, 0.1) is 10.1 Å². The number of carbonyl (C=O) groups excluding carboxylic acids is 2. The van der Waals surface area contributed by atoms with E-state index in [4.69, 9.17) is 14.2 Å². The third-order valence-electron chi connectivity index (χ3n) is 3.62. The van der Waals surface area contributed by atoms with Crippen molar-refractivity contribution < 1.29 is 28.7 Å². The number of non-ortho nitro benzene ring substituents is 1. The third-order valence-corrected chi connectivity index (χ3v) is 3.62. The van der Waals surface area contributed by atoms with E-state index in [-0.39, 0.29) is 17.1 Å². The van der Waals surface area contributed by atoms with Gasteiger partial charge in [-0.25, -0.2) is 4.79 Å². The van der Waals surface area contributed by atoms with Gasteiger partial charge in [0.05, 0.1) is 24.3 Å². The predicted molar refractivity (Wildman–Crippen MR) is 106 cm³/mol. The van der Waals surface area contributed by atoms with Gasteiger partial charge >= 0.3 is 5.97 Å². The number of hydrogen-bond donors (Lipinski definition) is 1. The summed E-state index contributed by atoms with van der Waals surface area (Å²) in [6.07, 6.45) is 2.73. The molecule has 0 bridgehead atoms. The molecule has 0 heterocycles. The first-order valence-corrected chi connectivity index (χ1v) is 8.63. The molecule has 29 heavy (non-hydrogen) atoms. The number of nitro benzene ring substituents is 1. The number of methoxy groups -OCH3 is 1. The highest BCUT2D eigenvalue weighted by molar-refractivity contribution is 5.96. The summed E-state index contributed by atoms with van der Waals surface area (Å²) in [6, 6.07) is 10.9. The average Bonchev–Trinajstić information content (AvgIpc) is 2.72. The standard InChI is InChI=1S/C20H20N2O7/c1-3-28-16-8-4-14(5-9-16)6-11-20(24)29-13-19(23)21-17-12-15(22(25)26)7-10-18(17)27-2/h4-12H,3,13H2,1-2H3,(H,21,23)/b11-6+. The largest absolute Gasteiger partial charge is 0.495 e. The molecule has 0 unspecified atom stereocenters. The Bertz CT molecular complexity index is 908. The quantitative estimate of drug-likeness (QED) is 0.297. The Morgan fingerprint density at radius 1 is 1.17 bits per heavy atom. The maximum Gasteiger partial charge on any atom is 0.331 e. The van der Waals surface area contributed by atoms with E-state index in [0.29, 0.717) is 6.61 Å². The smallest absolute Gasteiger partial charge is 0.331 e. The molecule has 0 aliphatic rings. The van der Waals surface area contributed by atoms with Crippen molar-refractivity contribution in [3.8, 4) is 11.5 Å². The van der Waals surface area contributed by atoms with Crippen molar-refractivity contribution in [1.29, 1.82) is 0 Å². The van der Waals surface area contributed by atoms with Crippen molar-refractivity contribution in [2.75, 3.05) is 25.6 Å². The van der Waals surface area contributed by atoms with Crippen LogP contribution in [-0.2, 0) is 14.3 Å². The molecule has 0 saturated carbocycles. The minimum absolute atomic E-state index is 0.104. The van der Waals surface area contributed by atoms with Gasteiger partial charge in [0.1, 0.15) is 11.5 Å². The fourth-order valence-electron chi connectivity index (χ4n) is 2.28. The number of ether oxygens (including phenoxy) is 3. The molecule has 0 radical (unpaired) electrons. The highest BCUT2D eigenvalue weighted by atomic mass is 16.6. The number of benzene rings is 2. The highest BCUT2D eigenvalue weighted by Crippen LogP contribution is 2.28. The Morgan fingerprint density at radius 3 is 2.52 bits per heavy atom. The normalized spacial score (nSPS) is 10.4. The number of esters is 1. The number of nitrogens with one attached hydrogen (secondary N) is 1. The monoisotopic (exact) mass is 400 g/mol. The second-order valence-corrected chi connectivity index (χ2v) is 5.63. The fraction of sp³-hybridized carbons (Fsp3) is 0.200. The lowest BCUT2D eigenvalue weighted by molar-refractivity contribution is -0.384. The summed E-state index contributed by atoms with van der Waals surface area (Å²) in [4.78, 5) is 34.0. The summed E-state index contributed by atoms with van der Waals surface area (Å²) in [5.74, 6) is -0.405. The van der Waals surface area contributed by atoms with Crippen molar-refractivity contribution in [2.45, 2.75) is 6.92 Å². The fourth-order valence-corrected chi connectivity index (χ4v) is 2.28. The van der Waals surface area contributed by atoms with Gasteiger partial charge in [-0.15, -0.1) is 0 Å². The SMILES string of the molecule is CCOc1ccc(/C=C/C(=O)OCC(=O)Nc2cc([N+](=O)[O-])ccc2OC)cc1. The molecule has 152 valence electrons. The van der Waals surface area contributed by atoms with Gasteiger partial charge in [0.15, 0.2) is 6.61 Å². The molecule has 2 aromatic rings. The van der Waals surface area contributed by atoms with E-state index in [9.17, 15) is 19.7 Å². The van der Waals surface area contributed by atoms with Crippen molar-refractivity contribution >= 4 is 29.3 Å². The summed E-state index contributed by atoms with van der Waals surface area (Å²) in [7, 11) is 1.36. The number of nitrogens with zero attached hydrogens (tertiary/aromatic N) is 1. The molecule has 0 spiro atoms. The van der Waals surface area contributed by atoms with Crippen LogP contribution in [-0.4, -0.2) is 37.1 Å². The van der Waals surface area contributed by atoms with Crippen molar-refractivity contribution in [1.82, 2.24) is 0 Å². The summed E-state index contributed by atoms with van der Waals surface area (Å²) < 4.78 is 15.3. The van der Waals surface area contributed by atoms with Gasteiger partial charge in [-0.2, -0.15) is 0 Å². The van der Waals surface area contributed by atoms with E-state index in [1.165, 1.54) is 25.3 Å². The van der Waals surface area contributed by atoms with Gasteiger partial charge in [0.25, 0.3) is 11.6 Å². The number of amides is 1. The first-order valence-electron chi connectivity index (χ1n) is 8.63. The van der Waals surface area contributed by atoms with E-state index in [0.717, 1.165) is 17.4 Å². The summed E-state index contributed by atoms with van der Waals surface area (Å²) in [5.41, 5.74) is 0.653. The second kappa shape index (κ2) is 10.5. The van der Waals surface area contributed by atoms with Crippen LogP contribution in [0.25, 0.3) is 6.08 Å². The molecule has 2 aromatic carbocycles. The zero-order valence-corrected chi connectivity index (χ0v) is 15.9. The van der Waals surface area contributed by atoms with Gasteiger partial charge < -0.3 is 19.5 Å². The van der Waals surface area contributed by atoms with Crippen LogP contribution in [0.3, 0.4) is 0 Å². The molecule has 0 aliphatic carbocycles. The van der Waals surface area contributed by atoms with Gasteiger partial charge in [0.2, 0.25) is 0 Å². The van der Waals surface area contributed by atoms with E-state index < -0.39 is 23.4 Å². The van der Waals surface area contributed by atoms with Crippen molar-refractivity contribution in [3.05, 3.63) is 64.2 Å². The molecule has 0 fully saturated rings.